The minimum absolute atomic E-state index is 0.0490. The van der Waals surface area contributed by atoms with Crippen molar-refractivity contribution in [1.82, 2.24) is 10.2 Å². The maximum atomic E-state index is 13.0. The number of aromatic amines is 1. The van der Waals surface area contributed by atoms with Crippen molar-refractivity contribution in [2.45, 2.75) is 23.9 Å². The number of aliphatic hydroxyl groups is 1. The molecular formula is C26H22N4O4. The number of nitrogens with zero attached hydrogens (tertiary/aromatic N) is 1. The van der Waals surface area contributed by atoms with E-state index in [9.17, 15) is 9.90 Å². The molecule has 1 amide bonds. The van der Waals surface area contributed by atoms with E-state index in [0.717, 1.165) is 51.1 Å². The van der Waals surface area contributed by atoms with Crippen LogP contribution in [0.1, 0.15) is 35.1 Å². The second-order valence-corrected chi connectivity index (χ2v) is 9.15. The van der Waals surface area contributed by atoms with E-state index < -0.39 is 11.5 Å². The lowest BCUT2D eigenvalue weighted by molar-refractivity contribution is -0.118. The van der Waals surface area contributed by atoms with Crippen molar-refractivity contribution < 1.29 is 19.4 Å². The Labute approximate surface area is 194 Å². The van der Waals surface area contributed by atoms with Crippen LogP contribution in [0.4, 0.5) is 17.2 Å². The summed E-state index contributed by atoms with van der Waals surface area (Å²) in [7, 11) is 1.64. The molecule has 4 N–H and O–H groups in total. The van der Waals surface area contributed by atoms with Crippen LogP contribution >= 0.6 is 0 Å². The maximum Gasteiger partial charge on any atom is 0.235 e. The van der Waals surface area contributed by atoms with Crippen molar-refractivity contribution in [3.8, 4) is 11.5 Å². The Morgan fingerprint density at radius 1 is 1.21 bits per heavy atom. The molecule has 7 rings (SSSR count). The zero-order valence-electron chi connectivity index (χ0n) is 18.4. The molecule has 3 heterocycles. The number of methoxy groups -OCH3 is 1. The molecule has 4 aromatic rings. The summed E-state index contributed by atoms with van der Waals surface area (Å²) in [5, 5.41) is 25.0. The molecule has 1 aromatic heterocycles. The van der Waals surface area contributed by atoms with Gasteiger partial charge in [-0.25, -0.2) is 0 Å². The number of hydrogen-bond acceptors (Lipinski definition) is 6. The first-order chi connectivity index (χ1) is 16.6. The van der Waals surface area contributed by atoms with Crippen LogP contribution < -0.4 is 20.1 Å². The van der Waals surface area contributed by atoms with Gasteiger partial charge in [0, 0.05) is 22.6 Å². The van der Waals surface area contributed by atoms with E-state index in [1.165, 1.54) is 0 Å². The number of H-pyrrole nitrogens is 1. The summed E-state index contributed by atoms with van der Waals surface area (Å²) < 4.78 is 11.1. The summed E-state index contributed by atoms with van der Waals surface area (Å²) in [5.41, 5.74) is 4.86. The Bertz CT molecular complexity index is 1500. The van der Waals surface area contributed by atoms with Crippen molar-refractivity contribution in [1.29, 1.82) is 0 Å². The van der Waals surface area contributed by atoms with E-state index in [1.807, 2.05) is 42.5 Å². The number of nitrogens with one attached hydrogen (secondary N) is 3. The molecule has 3 atom stereocenters. The summed E-state index contributed by atoms with van der Waals surface area (Å²) in [6.07, 6.45) is 0.151. The lowest BCUT2D eigenvalue weighted by atomic mass is 9.91. The van der Waals surface area contributed by atoms with Crippen LogP contribution in [0, 0.1) is 0 Å². The summed E-state index contributed by atoms with van der Waals surface area (Å²) in [5.74, 6) is 2.23. The number of carbonyl (C=O) groups is 1. The first-order valence-electron chi connectivity index (χ1n) is 11.3. The molecule has 1 unspecified atom stereocenters. The first kappa shape index (κ1) is 19.4. The van der Waals surface area contributed by atoms with Crippen molar-refractivity contribution in [3.63, 3.8) is 0 Å². The molecule has 8 heteroatoms. The number of carbonyl (C=O) groups excluding carboxylic acids is 1. The Kier molecular flexibility index (Phi) is 3.85. The number of para-hydroxylation sites is 1. The van der Waals surface area contributed by atoms with E-state index in [1.54, 1.807) is 7.11 Å². The Hall–Kier alpha value is -4.04. The predicted molar refractivity (Wildman–Crippen MR) is 127 cm³/mol. The van der Waals surface area contributed by atoms with Gasteiger partial charge in [-0.1, -0.05) is 18.2 Å². The maximum absolute atomic E-state index is 13.0. The normalized spacial score (nSPS) is 24.0. The smallest absolute Gasteiger partial charge is 0.235 e. The lowest BCUT2D eigenvalue weighted by Gasteiger charge is -2.11. The van der Waals surface area contributed by atoms with Crippen LogP contribution in [-0.2, 0) is 10.2 Å². The highest BCUT2D eigenvalue weighted by Crippen LogP contribution is 2.65. The monoisotopic (exact) mass is 454 g/mol. The van der Waals surface area contributed by atoms with Crippen LogP contribution in [0.25, 0.3) is 10.9 Å². The third-order valence-corrected chi connectivity index (χ3v) is 7.35. The largest absolute Gasteiger partial charge is 0.497 e. The topological polar surface area (TPSA) is 108 Å². The molecule has 34 heavy (non-hydrogen) atoms. The number of aromatic nitrogens is 2. The van der Waals surface area contributed by atoms with Gasteiger partial charge < -0.3 is 25.2 Å². The van der Waals surface area contributed by atoms with Gasteiger partial charge in [0.15, 0.2) is 5.82 Å². The van der Waals surface area contributed by atoms with Gasteiger partial charge in [-0.2, -0.15) is 5.10 Å². The number of ether oxygens (including phenoxy) is 2. The standard InChI is InChI=1S/C26H22N4O4/c1-33-14-6-8-19-17(10-14)26(25(32)28-19)11-18(26)13-5-7-15-21(9-13)29-30-24(15)27-20-4-2-3-16-22(31)12-34-23(16)20/h2-10,18,22,31H,11-12H2,1H3,(H,28,32)(H2,27,29,30)/t18-,22?,26-/m0/s1. The summed E-state index contributed by atoms with van der Waals surface area (Å²) in [6.45, 7) is 0.254. The van der Waals surface area contributed by atoms with Gasteiger partial charge in [0.2, 0.25) is 5.91 Å². The molecule has 2 aliphatic heterocycles. The minimum atomic E-state index is -0.612. The molecular weight excluding hydrogens is 432 g/mol. The third-order valence-electron chi connectivity index (χ3n) is 7.35. The number of aliphatic hydroxyl groups excluding tert-OH is 1. The Morgan fingerprint density at radius 3 is 3.00 bits per heavy atom. The van der Waals surface area contributed by atoms with Gasteiger partial charge in [-0.05, 0) is 53.9 Å². The summed E-state index contributed by atoms with van der Waals surface area (Å²) >= 11 is 0. The van der Waals surface area contributed by atoms with Gasteiger partial charge in [-0.15, -0.1) is 0 Å². The van der Waals surface area contributed by atoms with Crippen LogP contribution in [-0.4, -0.2) is 34.9 Å². The molecule has 8 nitrogen and oxygen atoms in total. The van der Waals surface area contributed by atoms with Gasteiger partial charge in [0.25, 0.3) is 0 Å². The number of benzene rings is 3. The average Bonchev–Trinajstić information content (AvgIpc) is 3.18. The predicted octanol–water partition coefficient (Wildman–Crippen LogP) is 4.12. The molecule has 1 fully saturated rings. The van der Waals surface area contributed by atoms with E-state index in [-0.39, 0.29) is 18.4 Å². The van der Waals surface area contributed by atoms with E-state index in [4.69, 9.17) is 9.47 Å². The number of amides is 1. The SMILES string of the molecule is COc1ccc2c(c1)[C@]1(C[C@H]1c1ccc3c(Nc4cccc5c4OCC5O)n[nH]c3c1)C(=O)N2. The van der Waals surface area contributed by atoms with Crippen molar-refractivity contribution >= 4 is 34.0 Å². The zero-order valence-corrected chi connectivity index (χ0v) is 18.4. The highest BCUT2D eigenvalue weighted by Gasteiger charge is 2.65. The van der Waals surface area contributed by atoms with Gasteiger partial charge in [-0.3, -0.25) is 9.89 Å². The highest BCUT2D eigenvalue weighted by atomic mass is 16.5. The first-order valence-corrected chi connectivity index (χ1v) is 11.3. The lowest BCUT2D eigenvalue weighted by Crippen LogP contribution is -2.21. The average molecular weight is 454 g/mol. The van der Waals surface area contributed by atoms with Crippen molar-refractivity contribution in [2.24, 2.45) is 0 Å². The Balaban J connectivity index is 1.21. The Morgan fingerprint density at radius 2 is 2.12 bits per heavy atom. The highest BCUT2D eigenvalue weighted by molar-refractivity contribution is 6.10. The van der Waals surface area contributed by atoms with Gasteiger partial charge >= 0.3 is 0 Å². The van der Waals surface area contributed by atoms with Crippen LogP contribution in [0.5, 0.6) is 11.5 Å². The van der Waals surface area contributed by atoms with E-state index in [2.05, 4.69) is 33.0 Å². The summed E-state index contributed by atoms with van der Waals surface area (Å²) in [4.78, 5) is 13.0. The second-order valence-electron chi connectivity index (χ2n) is 9.15. The fourth-order valence-electron chi connectivity index (χ4n) is 5.50. The fraction of sp³-hybridized carbons (Fsp3) is 0.231. The fourth-order valence-corrected chi connectivity index (χ4v) is 5.50. The molecule has 1 spiro atoms. The number of anilines is 3. The molecule has 0 saturated heterocycles. The quantitative estimate of drug-likeness (QED) is 0.370. The summed E-state index contributed by atoms with van der Waals surface area (Å²) in [6, 6.07) is 17.6. The molecule has 3 aliphatic rings. The van der Waals surface area contributed by atoms with E-state index >= 15 is 0 Å². The molecule has 1 saturated carbocycles. The third kappa shape index (κ3) is 2.57. The van der Waals surface area contributed by atoms with Crippen LogP contribution in [0.3, 0.4) is 0 Å². The van der Waals surface area contributed by atoms with Crippen molar-refractivity contribution in [3.05, 3.63) is 71.3 Å². The molecule has 3 aromatic carbocycles. The minimum Gasteiger partial charge on any atom is -0.497 e. The molecule has 0 radical (unpaired) electrons. The number of rotatable bonds is 4. The molecule has 1 aliphatic carbocycles. The number of fused-ring (bicyclic) bond motifs is 4. The molecule has 0 bridgehead atoms. The van der Waals surface area contributed by atoms with Crippen molar-refractivity contribution in [2.75, 3.05) is 24.4 Å². The van der Waals surface area contributed by atoms with Gasteiger partial charge in [0.1, 0.15) is 24.2 Å². The van der Waals surface area contributed by atoms with Crippen LogP contribution in [0.15, 0.2) is 54.6 Å². The second kappa shape index (κ2) is 6.74. The molecule has 170 valence electrons. The van der Waals surface area contributed by atoms with Gasteiger partial charge in [0.05, 0.1) is 23.7 Å². The zero-order chi connectivity index (χ0) is 23.0. The number of hydrogen-bond donors (Lipinski definition) is 4. The van der Waals surface area contributed by atoms with Crippen LogP contribution in [0.2, 0.25) is 0 Å². The van der Waals surface area contributed by atoms with E-state index in [0.29, 0.717) is 11.6 Å².